The van der Waals surface area contributed by atoms with Crippen LogP contribution in [-0.2, 0) is 6.42 Å². The van der Waals surface area contributed by atoms with Crippen molar-refractivity contribution < 1.29 is 10.0 Å². The third kappa shape index (κ3) is 2.13. The number of aliphatic hydroxyl groups is 1. The Morgan fingerprint density at radius 3 is 2.58 bits per heavy atom. The van der Waals surface area contributed by atoms with Crippen molar-refractivity contribution in [3.8, 4) is 22.4 Å². The van der Waals surface area contributed by atoms with Crippen LogP contribution in [0.15, 0.2) is 48.5 Å². The van der Waals surface area contributed by atoms with Crippen LogP contribution in [-0.4, -0.2) is 15.0 Å². The molecule has 2 aromatic carbocycles. The Kier molecular flexibility index (Phi) is 3.25. The molecule has 24 heavy (non-hydrogen) atoms. The van der Waals surface area contributed by atoms with Gasteiger partial charge in [-0.3, -0.25) is 0 Å². The van der Waals surface area contributed by atoms with Crippen molar-refractivity contribution in [2.24, 2.45) is 0 Å². The van der Waals surface area contributed by atoms with Gasteiger partial charge in [-0.05, 0) is 23.0 Å². The van der Waals surface area contributed by atoms with E-state index in [4.69, 9.17) is 0 Å². The number of rotatable bonds is 2. The molecular weight excluding hydrogens is 304 g/mol. The number of aryl methyl sites for hydroxylation is 1. The predicted molar refractivity (Wildman–Crippen MR) is 91.7 cm³/mol. The highest BCUT2D eigenvalue weighted by molar-refractivity contribution is 5.87. The lowest BCUT2D eigenvalue weighted by Gasteiger charge is -2.21. The lowest BCUT2D eigenvalue weighted by atomic mass is 9.84. The minimum atomic E-state index is -0.659. The Hall–Kier alpha value is -2.92. The Balaban J connectivity index is 2.01. The minimum Gasteiger partial charge on any atom is -0.388 e. The minimum absolute atomic E-state index is 0.0140. The van der Waals surface area contributed by atoms with Crippen molar-refractivity contribution in [1.82, 2.24) is 4.98 Å². The van der Waals surface area contributed by atoms with E-state index in [0.717, 1.165) is 27.8 Å². The van der Waals surface area contributed by atoms with Gasteiger partial charge in [-0.25, -0.2) is 4.98 Å². The molecule has 3 aromatic rings. The number of hydrogen-bond donors (Lipinski definition) is 2. The molecule has 0 fully saturated rings. The number of fused-ring (bicyclic) bond motifs is 3. The van der Waals surface area contributed by atoms with Crippen molar-refractivity contribution in [3.05, 3.63) is 75.3 Å². The molecule has 1 atom stereocenters. The second-order valence-electron chi connectivity index (χ2n) is 6.13. The van der Waals surface area contributed by atoms with E-state index in [9.17, 15) is 15.2 Å². The van der Waals surface area contributed by atoms with Crippen LogP contribution in [0.4, 0.5) is 5.82 Å². The van der Waals surface area contributed by atoms with Gasteiger partial charge in [-0.15, -0.1) is 0 Å². The molecule has 120 valence electrons. The molecule has 5 nitrogen and oxygen atoms in total. The smallest absolute Gasteiger partial charge is 0.329 e. The van der Waals surface area contributed by atoms with Crippen molar-refractivity contribution in [2.45, 2.75) is 19.4 Å². The van der Waals surface area contributed by atoms with Crippen molar-refractivity contribution in [3.63, 3.8) is 0 Å². The van der Waals surface area contributed by atoms with Gasteiger partial charge in [0.15, 0.2) is 0 Å². The molecule has 0 radical (unpaired) electrons. The first-order chi connectivity index (χ1) is 11.6. The van der Waals surface area contributed by atoms with E-state index in [0.29, 0.717) is 17.7 Å². The monoisotopic (exact) mass is 320 g/mol. The van der Waals surface area contributed by atoms with E-state index in [1.54, 1.807) is 0 Å². The SMILES string of the molecule is Cc1ccc(-c2[nH]c([N+](=O)[O-])c3c2CC(O)c2ccccc2-3)cc1. The van der Waals surface area contributed by atoms with E-state index < -0.39 is 6.10 Å². The molecular formula is C19H16N2O3. The standard InChI is InChI=1S/C19H16N2O3/c1-11-6-8-12(9-7-11)18-15-10-16(22)13-4-2-3-5-14(13)17(15)19(20-18)21(23)24/h2-9,16,20,22H,10H2,1H3. The van der Waals surface area contributed by atoms with Crippen LogP contribution in [0.5, 0.6) is 0 Å². The third-order valence-electron chi connectivity index (χ3n) is 4.59. The molecule has 1 aliphatic carbocycles. The molecule has 4 rings (SSSR count). The van der Waals surface area contributed by atoms with Crippen molar-refractivity contribution >= 4 is 5.82 Å². The quantitative estimate of drug-likeness (QED) is 0.550. The zero-order chi connectivity index (χ0) is 16.8. The van der Waals surface area contributed by atoms with Gasteiger partial charge in [0.2, 0.25) is 0 Å². The summed E-state index contributed by atoms with van der Waals surface area (Å²) in [6.07, 6.45) is -0.298. The predicted octanol–water partition coefficient (Wildman–Crippen LogP) is 4.15. The van der Waals surface area contributed by atoms with Crippen LogP contribution < -0.4 is 0 Å². The van der Waals surface area contributed by atoms with E-state index >= 15 is 0 Å². The molecule has 0 aliphatic heterocycles. The molecule has 1 heterocycles. The normalized spacial score (nSPS) is 15.7. The number of nitrogens with zero attached hydrogens (tertiary/aromatic N) is 1. The maximum absolute atomic E-state index is 11.6. The maximum Gasteiger partial charge on any atom is 0.329 e. The number of nitro groups is 1. The van der Waals surface area contributed by atoms with Gasteiger partial charge in [-0.2, -0.15) is 0 Å². The molecule has 0 amide bonds. The number of aromatic nitrogens is 1. The summed E-state index contributed by atoms with van der Waals surface area (Å²) in [5.41, 5.74) is 5.59. The fourth-order valence-electron chi connectivity index (χ4n) is 3.44. The fraction of sp³-hybridized carbons (Fsp3) is 0.158. The van der Waals surface area contributed by atoms with Gasteiger partial charge < -0.3 is 15.2 Å². The zero-order valence-electron chi connectivity index (χ0n) is 13.1. The summed E-state index contributed by atoms with van der Waals surface area (Å²) in [6, 6.07) is 15.2. The second-order valence-corrected chi connectivity index (χ2v) is 6.13. The second kappa shape index (κ2) is 5.32. The number of nitrogens with one attached hydrogen (secondary N) is 1. The van der Waals surface area contributed by atoms with Gasteiger partial charge in [0.25, 0.3) is 0 Å². The van der Waals surface area contributed by atoms with E-state index in [-0.39, 0.29) is 10.7 Å². The summed E-state index contributed by atoms with van der Waals surface area (Å²) in [4.78, 5) is 14.2. The zero-order valence-corrected chi connectivity index (χ0v) is 13.1. The number of aliphatic hydroxyl groups excluding tert-OH is 1. The van der Waals surface area contributed by atoms with Gasteiger partial charge in [0.1, 0.15) is 5.69 Å². The van der Waals surface area contributed by atoms with E-state index in [1.807, 2.05) is 55.5 Å². The Bertz CT molecular complexity index is 942. The summed E-state index contributed by atoms with van der Waals surface area (Å²) in [5.74, 6) is -0.0140. The summed E-state index contributed by atoms with van der Waals surface area (Å²) in [5, 5.41) is 22.1. The number of benzene rings is 2. The Labute approximate surface area is 138 Å². The van der Waals surface area contributed by atoms with Gasteiger partial charge in [0, 0.05) is 17.5 Å². The van der Waals surface area contributed by atoms with Gasteiger partial charge in [0.05, 0.1) is 11.7 Å². The van der Waals surface area contributed by atoms with Gasteiger partial charge >= 0.3 is 5.82 Å². The largest absolute Gasteiger partial charge is 0.388 e. The van der Waals surface area contributed by atoms with E-state index in [2.05, 4.69) is 4.98 Å². The summed E-state index contributed by atoms with van der Waals surface area (Å²) in [7, 11) is 0. The highest BCUT2D eigenvalue weighted by Crippen LogP contribution is 2.47. The van der Waals surface area contributed by atoms with Crippen LogP contribution in [0.25, 0.3) is 22.4 Å². The highest BCUT2D eigenvalue weighted by atomic mass is 16.6. The first kappa shape index (κ1) is 14.7. The maximum atomic E-state index is 11.6. The molecule has 1 aromatic heterocycles. The highest BCUT2D eigenvalue weighted by Gasteiger charge is 2.34. The summed E-state index contributed by atoms with van der Waals surface area (Å²) < 4.78 is 0. The van der Waals surface area contributed by atoms with Crippen LogP contribution in [0.2, 0.25) is 0 Å². The average Bonchev–Trinajstić information content (AvgIpc) is 2.96. The third-order valence-corrected chi connectivity index (χ3v) is 4.59. The lowest BCUT2D eigenvalue weighted by Crippen LogP contribution is -2.10. The molecule has 5 heteroatoms. The first-order valence-corrected chi connectivity index (χ1v) is 7.80. The molecule has 0 spiro atoms. The van der Waals surface area contributed by atoms with Gasteiger partial charge in [-0.1, -0.05) is 54.1 Å². The topological polar surface area (TPSA) is 79.2 Å². The molecule has 2 N–H and O–H groups in total. The molecule has 0 bridgehead atoms. The summed E-state index contributed by atoms with van der Waals surface area (Å²) in [6.45, 7) is 2.00. The molecule has 0 saturated heterocycles. The molecule has 1 aliphatic rings. The number of aromatic amines is 1. The Morgan fingerprint density at radius 2 is 1.88 bits per heavy atom. The lowest BCUT2D eigenvalue weighted by molar-refractivity contribution is -0.388. The first-order valence-electron chi connectivity index (χ1n) is 7.80. The number of hydrogen-bond acceptors (Lipinski definition) is 3. The molecule has 0 saturated carbocycles. The van der Waals surface area contributed by atoms with Crippen LogP contribution in [0, 0.1) is 17.0 Å². The molecule has 1 unspecified atom stereocenters. The Morgan fingerprint density at radius 1 is 1.17 bits per heavy atom. The van der Waals surface area contributed by atoms with Crippen molar-refractivity contribution in [1.29, 1.82) is 0 Å². The number of H-pyrrole nitrogens is 1. The van der Waals surface area contributed by atoms with Crippen molar-refractivity contribution in [2.75, 3.05) is 0 Å². The van der Waals surface area contributed by atoms with Crippen LogP contribution in [0.3, 0.4) is 0 Å². The van der Waals surface area contributed by atoms with Crippen LogP contribution >= 0.6 is 0 Å². The summed E-state index contributed by atoms with van der Waals surface area (Å²) >= 11 is 0. The van der Waals surface area contributed by atoms with E-state index in [1.165, 1.54) is 0 Å². The fourth-order valence-corrected chi connectivity index (χ4v) is 3.44. The average molecular weight is 320 g/mol. The van der Waals surface area contributed by atoms with Crippen LogP contribution in [0.1, 0.15) is 22.8 Å².